The summed E-state index contributed by atoms with van der Waals surface area (Å²) in [6.07, 6.45) is 2.04. The number of aromatic nitrogens is 2. The van der Waals surface area contributed by atoms with Gasteiger partial charge in [-0.3, -0.25) is 0 Å². The molecule has 0 saturated carbocycles. The molecule has 0 amide bonds. The van der Waals surface area contributed by atoms with Crippen molar-refractivity contribution in [2.24, 2.45) is 0 Å². The SMILES string of the molecule is Cc1cccn2c(C(C)Cl)c(C(C)(C)C)nc12. The summed E-state index contributed by atoms with van der Waals surface area (Å²) in [5.74, 6) is 0. The van der Waals surface area contributed by atoms with Gasteiger partial charge in [0.25, 0.3) is 0 Å². The summed E-state index contributed by atoms with van der Waals surface area (Å²) in [4.78, 5) is 4.78. The molecule has 2 heterocycles. The smallest absolute Gasteiger partial charge is 0.140 e. The molecule has 0 bridgehead atoms. The molecular weight excluding hydrogens is 232 g/mol. The van der Waals surface area contributed by atoms with Crippen LogP contribution < -0.4 is 0 Å². The van der Waals surface area contributed by atoms with Crippen molar-refractivity contribution in [2.75, 3.05) is 0 Å². The first-order chi connectivity index (χ1) is 7.82. The van der Waals surface area contributed by atoms with Gasteiger partial charge in [0.1, 0.15) is 5.65 Å². The summed E-state index contributed by atoms with van der Waals surface area (Å²) < 4.78 is 2.12. The van der Waals surface area contributed by atoms with Crippen LogP contribution >= 0.6 is 11.6 Å². The molecule has 0 saturated heterocycles. The van der Waals surface area contributed by atoms with Crippen LogP contribution in [0.2, 0.25) is 0 Å². The summed E-state index contributed by atoms with van der Waals surface area (Å²) >= 11 is 6.33. The quantitative estimate of drug-likeness (QED) is 0.692. The number of halogens is 1. The van der Waals surface area contributed by atoms with Crippen molar-refractivity contribution in [2.45, 2.75) is 45.4 Å². The number of fused-ring (bicyclic) bond motifs is 1. The molecule has 1 atom stereocenters. The second kappa shape index (κ2) is 4.02. The molecule has 17 heavy (non-hydrogen) atoms. The summed E-state index contributed by atoms with van der Waals surface area (Å²) in [5.41, 5.74) is 4.41. The van der Waals surface area contributed by atoms with E-state index in [1.165, 1.54) is 5.56 Å². The van der Waals surface area contributed by atoms with Crippen LogP contribution in [0, 0.1) is 6.92 Å². The number of imidazole rings is 1. The lowest BCUT2D eigenvalue weighted by atomic mass is 9.90. The second-order valence-corrected chi connectivity index (χ2v) is 6.25. The number of hydrogen-bond acceptors (Lipinski definition) is 1. The minimum Gasteiger partial charge on any atom is -0.302 e. The lowest BCUT2D eigenvalue weighted by Gasteiger charge is -2.18. The Morgan fingerprint density at radius 2 is 2.00 bits per heavy atom. The highest BCUT2D eigenvalue weighted by molar-refractivity contribution is 6.20. The molecule has 0 radical (unpaired) electrons. The molecule has 0 aliphatic rings. The zero-order valence-electron chi connectivity index (χ0n) is 11.1. The first-order valence-electron chi connectivity index (χ1n) is 5.94. The van der Waals surface area contributed by atoms with Crippen molar-refractivity contribution in [3.05, 3.63) is 35.3 Å². The van der Waals surface area contributed by atoms with Crippen molar-refractivity contribution in [1.82, 2.24) is 9.38 Å². The monoisotopic (exact) mass is 250 g/mol. The highest BCUT2D eigenvalue weighted by Gasteiger charge is 2.26. The lowest BCUT2D eigenvalue weighted by molar-refractivity contribution is 0.564. The molecule has 2 nitrogen and oxygen atoms in total. The minimum atomic E-state index is -0.0407. The Labute approximate surface area is 108 Å². The fourth-order valence-corrected chi connectivity index (χ4v) is 2.36. The van der Waals surface area contributed by atoms with Crippen LogP contribution in [-0.2, 0) is 5.41 Å². The van der Waals surface area contributed by atoms with Gasteiger partial charge in [0, 0.05) is 11.6 Å². The van der Waals surface area contributed by atoms with Gasteiger partial charge in [0.2, 0.25) is 0 Å². The highest BCUT2D eigenvalue weighted by Crippen LogP contribution is 2.33. The van der Waals surface area contributed by atoms with E-state index in [-0.39, 0.29) is 10.8 Å². The van der Waals surface area contributed by atoms with Gasteiger partial charge in [-0.1, -0.05) is 26.8 Å². The van der Waals surface area contributed by atoms with Gasteiger partial charge < -0.3 is 4.40 Å². The van der Waals surface area contributed by atoms with E-state index in [2.05, 4.69) is 38.2 Å². The molecular formula is C14H19ClN2. The minimum absolute atomic E-state index is 0.0109. The number of aryl methyl sites for hydroxylation is 1. The third-order valence-electron chi connectivity index (χ3n) is 2.97. The summed E-state index contributed by atoms with van der Waals surface area (Å²) in [5, 5.41) is -0.0407. The molecule has 3 heteroatoms. The number of rotatable bonds is 1. The first kappa shape index (κ1) is 12.4. The predicted molar refractivity (Wildman–Crippen MR) is 72.9 cm³/mol. The van der Waals surface area contributed by atoms with E-state index >= 15 is 0 Å². The summed E-state index contributed by atoms with van der Waals surface area (Å²) in [6.45, 7) is 10.6. The van der Waals surface area contributed by atoms with Crippen LogP contribution in [0.1, 0.15) is 50.0 Å². The third kappa shape index (κ3) is 2.06. The van der Waals surface area contributed by atoms with Crippen LogP contribution in [0.5, 0.6) is 0 Å². The Bertz CT molecular complexity index is 547. The van der Waals surface area contributed by atoms with E-state index in [9.17, 15) is 0 Å². The van der Waals surface area contributed by atoms with E-state index in [1.807, 2.05) is 19.2 Å². The zero-order valence-corrected chi connectivity index (χ0v) is 11.8. The van der Waals surface area contributed by atoms with E-state index < -0.39 is 0 Å². The van der Waals surface area contributed by atoms with Gasteiger partial charge in [0.15, 0.2) is 0 Å². The molecule has 0 N–H and O–H groups in total. The molecule has 92 valence electrons. The number of alkyl halides is 1. The van der Waals surface area contributed by atoms with E-state index in [4.69, 9.17) is 16.6 Å². The van der Waals surface area contributed by atoms with Crippen molar-refractivity contribution >= 4 is 17.2 Å². The average molecular weight is 251 g/mol. The standard InChI is InChI=1S/C14H19ClN2/c1-9-7-6-8-17-11(10(2)15)12(14(3,4)5)16-13(9)17/h6-8,10H,1-5H3. The lowest BCUT2D eigenvalue weighted by Crippen LogP contribution is -2.15. The van der Waals surface area contributed by atoms with Crippen molar-refractivity contribution in [1.29, 1.82) is 0 Å². The van der Waals surface area contributed by atoms with Crippen LogP contribution in [0.4, 0.5) is 0 Å². The topological polar surface area (TPSA) is 17.3 Å². The van der Waals surface area contributed by atoms with Gasteiger partial charge in [-0.15, -0.1) is 11.6 Å². The molecule has 0 spiro atoms. The molecule has 1 unspecified atom stereocenters. The Balaban J connectivity index is 2.85. The average Bonchev–Trinajstić information content (AvgIpc) is 2.57. The van der Waals surface area contributed by atoms with E-state index in [1.54, 1.807) is 0 Å². The summed E-state index contributed by atoms with van der Waals surface area (Å²) in [6, 6.07) is 4.12. The molecule has 0 aliphatic carbocycles. The molecule has 0 aliphatic heterocycles. The van der Waals surface area contributed by atoms with Crippen molar-refractivity contribution in [3.63, 3.8) is 0 Å². The van der Waals surface area contributed by atoms with E-state index in [0.717, 1.165) is 17.0 Å². The molecule has 2 rings (SSSR count). The van der Waals surface area contributed by atoms with Crippen LogP contribution in [0.25, 0.3) is 5.65 Å². The van der Waals surface area contributed by atoms with Gasteiger partial charge >= 0.3 is 0 Å². The molecule has 0 aromatic carbocycles. The van der Waals surface area contributed by atoms with Gasteiger partial charge in [-0.05, 0) is 25.5 Å². The highest BCUT2D eigenvalue weighted by atomic mass is 35.5. The predicted octanol–water partition coefficient (Wildman–Crippen LogP) is 4.24. The second-order valence-electron chi connectivity index (χ2n) is 5.60. The maximum Gasteiger partial charge on any atom is 0.140 e. The fourth-order valence-electron chi connectivity index (χ4n) is 2.15. The normalized spacial score (nSPS) is 14.2. The molecule has 2 aromatic rings. The third-order valence-corrected chi connectivity index (χ3v) is 3.18. The van der Waals surface area contributed by atoms with E-state index in [0.29, 0.717) is 0 Å². The van der Waals surface area contributed by atoms with Crippen LogP contribution in [0.15, 0.2) is 18.3 Å². The zero-order chi connectivity index (χ0) is 12.8. The maximum atomic E-state index is 6.33. The number of pyridine rings is 1. The van der Waals surface area contributed by atoms with Gasteiger partial charge in [-0.25, -0.2) is 4.98 Å². The number of nitrogens with zero attached hydrogens (tertiary/aromatic N) is 2. The van der Waals surface area contributed by atoms with Crippen molar-refractivity contribution < 1.29 is 0 Å². The Hall–Kier alpha value is -1.02. The Kier molecular flexibility index (Phi) is 2.94. The van der Waals surface area contributed by atoms with Crippen LogP contribution in [0.3, 0.4) is 0 Å². The number of hydrogen-bond donors (Lipinski definition) is 0. The fraction of sp³-hybridized carbons (Fsp3) is 0.500. The van der Waals surface area contributed by atoms with Crippen LogP contribution in [-0.4, -0.2) is 9.38 Å². The summed E-state index contributed by atoms with van der Waals surface area (Å²) in [7, 11) is 0. The molecule has 0 fully saturated rings. The maximum absolute atomic E-state index is 6.33. The molecule has 2 aromatic heterocycles. The first-order valence-corrected chi connectivity index (χ1v) is 6.38. The van der Waals surface area contributed by atoms with Gasteiger partial charge in [0.05, 0.1) is 16.8 Å². The Morgan fingerprint density at radius 1 is 1.35 bits per heavy atom. The van der Waals surface area contributed by atoms with Gasteiger partial charge in [-0.2, -0.15) is 0 Å². The Morgan fingerprint density at radius 3 is 2.53 bits per heavy atom. The van der Waals surface area contributed by atoms with Crippen molar-refractivity contribution in [3.8, 4) is 0 Å². The largest absolute Gasteiger partial charge is 0.302 e.